The van der Waals surface area contributed by atoms with Gasteiger partial charge >= 0.3 is 6.09 Å². The van der Waals surface area contributed by atoms with Crippen LogP contribution in [0.3, 0.4) is 0 Å². The van der Waals surface area contributed by atoms with Crippen molar-refractivity contribution in [2.24, 2.45) is 5.92 Å². The Morgan fingerprint density at radius 1 is 1.03 bits per heavy atom. The molecule has 0 saturated carbocycles. The van der Waals surface area contributed by atoms with Crippen LogP contribution in [0.15, 0.2) is 71.6 Å². The van der Waals surface area contributed by atoms with Gasteiger partial charge in [0.15, 0.2) is 9.84 Å². The number of hydrogen-bond acceptors (Lipinski definition) is 5. The molecular formula is C25H24ClF2NO5S. The van der Waals surface area contributed by atoms with E-state index in [1.165, 1.54) is 31.2 Å². The molecule has 10 heteroatoms. The first-order valence-corrected chi connectivity index (χ1v) is 12.6. The highest BCUT2D eigenvalue weighted by Crippen LogP contribution is 2.37. The zero-order chi connectivity index (χ0) is 25.6. The molecule has 0 aliphatic carbocycles. The first kappa shape index (κ1) is 26.4. The first-order chi connectivity index (χ1) is 16.6. The fourth-order valence-corrected chi connectivity index (χ4v) is 5.67. The molecule has 1 N–H and O–H groups in total. The highest BCUT2D eigenvalue weighted by molar-refractivity contribution is 7.91. The number of halogens is 3. The van der Waals surface area contributed by atoms with E-state index < -0.39 is 38.7 Å². The van der Waals surface area contributed by atoms with Crippen molar-refractivity contribution in [2.45, 2.75) is 24.0 Å². The minimum atomic E-state index is -4.22. The third-order valence-electron chi connectivity index (χ3n) is 5.15. The van der Waals surface area contributed by atoms with E-state index in [0.29, 0.717) is 23.1 Å². The number of carbonyl (C=O) groups excluding carboxylic acids is 1. The third kappa shape index (κ3) is 6.70. The number of sulfone groups is 1. The van der Waals surface area contributed by atoms with Gasteiger partial charge in [0.05, 0.1) is 23.4 Å². The van der Waals surface area contributed by atoms with Crippen LogP contribution in [0.5, 0.6) is 5.75 Å². The summed E-state index contributed by atoms with van der Waals surface area (Å²) in [5, 5.41) is 1.32. The van der Waals surface area contributed by atoms with Gasteiger partial charge < -0.3 is 9.47 Å². The molecule has 0 aliphatic rings. The van der Waals surface area contributed by atoms with Gasteiger partial charge in [-0.1, -0.05) is 18.5 Å². The van der Waals surface area contributed by atoms with Crippen molar-refractivity contribution in [3.05, 3.63) is 89.0 Å². The van der Waals surface area contributed by atoms with Gasteiger partial charge in [-0.25, -0.2) is 22.0 Å². The maximum atomic E-state index is 14.7. The molecule has 1 amide bonds. The number of nitrogens with one attached hydrogen (secondary N) is 1. The fourth-order valence-electron chi connectivity index (χ4n) is 3.53. The van der Waals surface area contributed by atoms with Gasteiger partial charge in [0.25, 0.3) is 0 Å². The molecule has 6 nitrogen and oxygen atoms in total. The van der Waals surface area contributed by atoms with E-state index in [1.807, 2.05) is 6.92 Å². The summed E-state index contributed by atoms with van der Waals surface area (Å²) in [6, 6.07) is 14.5. The fraction of sp³-hybridized carbons (Fsp3) is 0.240. The molecule has 0 aliphatic heterocycles. The number of hydrogen-bond donors (Lipinski definition) is 1. The number of carbonyl (C=O) groups is 1. The van der Waals surface area contributed by atoms with Crippen molar-refractivity contribution in [2.75, 3.05) is 18.5 Å². The molecule has 3 aromatic rings. The van der Waals surface area contributed by atoms with E-state index in [2.05, 4.69) is 5.32 Å². The minimum absolute atomic E-state index is 0.124. The van der Waals surface area contributed by atoms with E-state index in [-0.39, 0.29) is 17.1 Å². The molecule has 186 valence electrons. The van der Waals surface area contributed by atoms with Crippen molar-refractivity contribution in [3.8, 4) is 5.75 Å². The quantitative estimate of drug-likeness (QED) is 0.350. The summed E-state index contributed by atoms with van der Waals surface area (Å²) in [5.74, 6) is -1.98. The normalized spacial score (nSPS) is 13.1. The molecule has 0 fully saturated rings. The molecular weight excluding hydrogens is 500 g/mol. The summed E-state index contributed by atoms with van der Waals surface area (Å²) in [5.41, 5.74) is 0.0792. The number of ether oxygens (including phenoxy) is 2. The second-order valence-electron chi connectivity index (χ2n) is 7.74. The monoisotopic (exact) mass is 523 g/mol. The van der Waals surface area contributed by atoms with E-state index in [1.54, 1.807) is 24.3 Å². The Morgan fingerprint density at radius 2 is 1.69 bits per heavy atom. The van der Waals surface area contributed by atoms with Crippen molar-refractivity contribution in [1.29, 1.82) is 0 Å². The summed E-state index contributed by atoms with van der Waals surface area (Å²) in [6.45, 7) is 3.45. The highest BCUT2D eigenvalue weighted by Gasteiger charge is 2.36. The van der Waals surface area contributed by atoms with Crippen LogP contribution >= 0.6 is 11.6 Å². The average molecular weight is 524 g/mol. The van der Waals surface area contributed by atoms with Gasteiger partial charge in [0.1, 0.15) is 17.4 Å². The van der Waals surface area contributed by atoms with Gasteiger partial charge in [-0.15, -0.1) is 0 Å². The minimum Gasteiger partial charge on any atom is -0.494 e. The first-order valence-electron chi connectivity index (χ1n) is 10.7. The largest absolute Gasteiger partial charge is 0.494 e. The summed E-state index contributed by atoms with van der Waals surface area (Å²) < 4.78 is 66.2. The Morgan fingerprint density at radius 3 is 2.31 bits per heavy atom. The summed E-state index contributed by atoms with van der Waals surface area (Å²) in [6.07, 6.45) is -0.830. The summed E-state index contributed by atoms with van der Waals surface area (Å²) >= 11 is 5.87. The van der Waals surface area contributed by atoms with Crippen LogP contribution in [0.2, 0.25) is 5.02 Å². The topological polar surface area (TPSA) is 81.7 Å². The maximum Gasteiger partial charge on any atom is 0.411 e. The lowest BCUT2D eigenvalue weighted by Crippen LogP contribution is -2.27. The van der Waals surface area contributed by atoms with Crippen LogP contribution in [0.4, 0.5) is 19.3 Å². The molecule has 0 bridgehead atoms. The Labute approximate surface area is 207 Å². The lowest BCUT2D eigenvalue weighted by molar-refractivity contribution is 0.142. The molecule has 0 unspecified atom stereocenters. The molecule has 0 heterocycles. The van der Waals surface area contributed by atoms with Crippen LogP contribution in [0.1, 0.15) is 24.7 Å². The molecule has 0 radical (unpaired) electrons. The Hall–Kier alpha value is -3.17. The van der Waals surface area contributed by atoms with Gasteiger partial charge in [-0.3, -0.25) is 5.32 Å². The summed E-state index contributed by atoms with van der Waals surface area (Å²) in [4.78, 5) is 12.2. The predicted molar refractivity (Wildman–Crippen MR) is 129 cm³/mol. The standard InChI is InChI=1S/C25H24ClF2NO5S/c1-3-33-20-9-7-19(8-10-20)29-25(30)34-15-16(2)24(22-14-18(27)6-13-23(22)28)35(31,32)21-11-4-17(26)5-12-21/h4-14,16,24H,3,15H2,1-2H3,(H,29,30)/t16-,24+/m1/s1. The van der Waals surface area contributed by atoms with Crippen LogP contribution < -0.4 is 10.1 Å². The Balaban J connectivity index is 1.81. The van der Waals surface area contributed by atoms with E-state index in [4.69, 9.17) is 21.1 Å². The van der Waals surface area contributed by atoms with Crippen LogP contribution in [0.25, 0.3) is 0 Å². The van der Waals surface area contributed by atoms with Gasteiger partial charge in [0, 0.05) is 22.2 Å². The van der Waals surface area contributed by atoms with Crippen molar-refractivity contribution in [3.63, 3.8) is 0 Å². The number of anilines is 1. The number of amides is 1. The van der Waals surface area contributed by atoms with E-state index in [0.717, 1.165) is 18.2 Å². The van der Waals surface area contributed by atoms with Crippen LogP contribution in [0, 0.1) is 17.6 Å². The molecule has 0 spiro atoms. The second-order valence-corrected chi connectivity index (χ2v) is 10.2. The number of rotatable bonds is 9. The zero-order valence-electron chi connectivity index (χ0n) is 19.0. The molecule has 0 saturated heterocycles. The highest BCUT2D eigenvalue weighted by atomic mass is 35.5. The Kier molecular flexibility index (Phi) is 8.69. The maximum absolute atomic E-state index is 14.7. The molecule has 0 aromatic heterocycles. The van der Waals surface area contributed by atoms with Gasteiger partial charge in [-0.05, 0) is 73.7 Å². The lowest BCUT2D eigenvalue weighted by Gasteiger charge is -2.25. The lowest BCUT2D eigenvalue weighted by atomic mass is 10.0. The van der Waals surface area contributed by atoms with Crippen LogP contribution in [-0.4, -0.2) is 27.7 Å². The average Bonchev–Trinajstić information content (AvgIpc) is 2.82. The van der Waals surface area contributed by atoms with Crippen molar-refractivity contribution in [1.82, 2.24) is 0 Å². The molecule has 35 heavy (non-hydrogen) atoms. The van der Waals surface area contributed by atoms with Crippen molar-refractivity contribution >= 4 is 33.2 Å². The molecule has 3 aromatic carbocycles. The van der Waals surface area contributed by atoms with E-state index >= 15 is 0 Å². The predicted octanol–water partition coefficient (Wildman–Crippen LogP) is 6.42. The smallest absolute Gasteiger partial charge is 0.411 e. The van der Waals surface area contributed by atoms with Gasteiger partial charge in [0.2, 0.25) is 0 Å². The van der Waals surface area contributed by atoms with Crippen LogP contribution in [-0.2, 0) is 14.6 Å². The third-order valence-corrected chi connectivity index (χ3v) is 7.72. The molecule has 3 rings (SSSR count). The summed E-state index contributed by atoms with van der Waals surface area (Å²) in [7, 11) is -4.22. The van der Waals surface area contributed by atoms with Crippen molar-refractivity contribution < 1.29 is 31.5 Å². The van der Waals surface area contributed by atoms with Gasteiger partial charge in [-0.2, -0.15) is 0 Å². The molecule has 2 atom stereocenters. The number of benzene rings is 3. The SMILES string of the molecule is CCOc1ccc(NC(=O)OC[C@@H](C)[C@@H](c2cc(F)ccc2F)S(=O)(=O)c2ccc(Cl)cc2)cc1. The zero-order valence-corrected chi connectivity index (χ0v) is 20.6. The second kappa shape index (κ2) is 11.5. The van der Waals surface area contributed by atoms with E-state index in [9.17, 15) is 22.0 Å². The Bertz CT molecular complexity index is 1270.